The molecule has 0 aliphatic heterocycles. The van der Waals surface area contributed by atoms with Gasteiger partial charge in [0.05, 0.1) is 5.39 Å². The zero-order chi connectivity index (χ0) is 18.3. The van der Waals surface area contributed by atoms with Crippen LogP contribution in [0.2, 0.25) is 0 Å². The molecular weight excluding hydrogens is 396 g/mol. The first-order valence-corrected chi connectivity index (χ1v) is 8.72. The molecule has 0 spiro atoms. The SMILES string of the molecule is C=CCn1c(-c2ccc(Br)cc2)nc2oc3ccccc3c(=O)c2c1=O. The Kier molecular flexibility index (Phi) is 4.05. The van der Waals surface area contributed by atoms with Crippen molar-refractivity contribution in [1.82, 2.24) is 9.55 Å². The molecule has 0 fully saturated rings. The normalized spacial score (nSPS) is 11.1. The van der Waals surface area contributed by atoms with Gasteiger partial charge in [0.15, 0.2) is 5.39 Å². The Hall–Kier alpha value is -2.99. The van der Waals surface area contributed by atoms with Gasteiger partial charge in [-0.2, -0.15) is 4.98 Å². The predicted molar refractivity (Wildman–Crippen MR) is 105 cm³/mol. The first kappa shape index (κ1) is 16.5. The van der Waals surface area contributed by atoms with E-state index in [-0.39, 0.29) is 23.1 Å². The van der Waals surface area contributed by atoms with Crippen LogP contribution in [0.3, 0.4) is 0 Å². The molecule has 0 N–H and O–H groups in total. The van der Waals surface area contributed by atoms with Gasteiger partial charge in [-0.15, -0.1) is 6.58 Å². The van der Waals surface area contributed by atoms with E-state index in [9.17, 15) is 9.59 Å². The average Bonchev–Trinajstić information content (AvgIpc) is 2.64. The van der Waals surface area contributed by atoms with Gasteiger partial charge >= 0.3 is 0 Å². The zero-order valence-electron chi connectivity index (χ0n) is 13.6. The van der Waals surface area contributed by atoms with Gasteiger partial charge in [-0.3, -0.25) is 14.2 Å². The first-order chi connectivity index (χ1) is 12.6. The Labute approximate surface area is 156 Å². The van der Waals surface area contributed by atoms with E-state index in [1.54, 1.807) is 30.3 Å². The fourth-order valence-corrected chi connectivity index (χ4v) is 3.17. The molecule has 6 heteroatoms. The third-order valence-corrected chi connectivity index (χ3v) is 4.64. The fraction of sp³-hybridized carbons (Fsp3) is 0.0500. The van der Waals surface area contributed by atoms with E-state index in [1.807, 2.05) is 24.3 Å². The summed E-state index contributed by atoms with van der Waals surface area (Å²) in [6, 6.07) is 14.2. The van der Waals surface area contributed by atoms with Crippen molar-refractivity contribution in [2.24, 2.45) is 0 Å². The highest BCUT2D eigenvalue weighted by atomic mass is 79.9. The number of aromatic nitrogens is 2. The number of allylic oxidation sites excluding steroid dienone is 1. The number of rotatable bonds is 3. The highest BCUT2D eigenvalue weighted by molar-refractivity contribution is 9.10. The number of para-hydroxylation sites is 1. The van der Waals surface area contributed by atoms with Gasteiger partial charge in [0, 0.05) is 16.6 Å². The van der Waals surface area contributed by atoms with Crippen molar-refractivity contribution in [3.05, 3.63) is 86.2 Å². The predicted octanol–water partition coefficient (Wildman–Crippen LogP) is 4.12. The van der Waals surface area contributed by atoms with Crippen LogP contribution < -0.4 is 11.0 Å². The lowest BCUT2D eigenvalue weighted by molar-refractivity contribution is 0.636. The molecule has 0 aliphatic rings. The van der Waals surface area contributed by atoms with Crippen LogP contribution in [0.4, 0.5) is 0 Å². The van der Waals surface area contributed by atoms with Gasteiger partial charge < -0.3 is 4.42 Å². The lowest BCUT2D eigenvalue weighted by Crippen LogP contribution is -2.27. The molecule has 0 saturated carbocycles. The second-order valence-electron chi connectivity index (χ2n) is 5.75. The topological polar surface area (TPSA) is 65.1 Å². The molecule has 2 aromatic heterocycles. The molecule has 2 heterocycles. The molecule has 26 heavy (non-hydrogen) atoms. The van der Waals surface area contributed by atoms with Crippen molar-refractivity contribution in [2.75, 3.05) is 0 Å². The summed E-state index contributed by atoms with van der Waals surface area (Å²) in [4.78, 5) is 30.4. The van der Waals surface area contributed by atoms with E-state index in [2.05, 4.69) is 27.5 Å². The quantitative estimate of drug-likeness (QED) is 0.377. The third kappa shape index (κ3) is 2.59. The number of benzene rings is 2. The second-order valence-corrected chi connectivity index (χ2v) is 6.67. The molecule has 4 aromatic rings. The fourth-order valence-electron chi connectivity index (χ4n) is 2.90. The Bertz CT molecular complexity index is 1270. The van der Waals surface area contributed by atoms with E-state index in [0.717, 1.165) is 10.0 Å². The Morgan fingerprint density at radius 2 is 1.85 bits per heavy atom. The van der Waals surface area contributed by atoms with Crippen LogP contribution in [-0.4, -0.2) is 9.55 Å². The largest absolute Gasteiger partial charge is 0.437 e. The molecule has 0 aliphatic carbocycles. The van der Waals surface area contributed by atoms with Crippen LogP contribution in [0.15, 0.2) is 79.7 Å². The highest BCUT2D eigenvalue weighted by Gasteiger charge is 2.18. The van der Waals surface area contributed by atoms with Crippen LogP contribution in [0.1, 0.15) is 0 Å². The first-order valence-electron chi connectivity index (χ1n) is 7.93. The van der Waals surface area contributed by atoms with Gasteiger partial charge in [0.1, 0.15) is 11.4 Å². The van der Waals surface area contributed by atoms with Crippen LogP contribution in [-0.2, 0) is 6.54 Å². The summed E-state index contributed by atoms with van der Waals surface area (Å²) in [5.74, 6) is 0.424. The summed E-state index contributed by atoms with van der Waals surface area (Å²) in [5, 5.41) is 0.312. The molecule has 0 radical (unpaired) electrons. The van der Waals surface area contributed by atoms with Gasteiger partial charge in [0.2, 0.25) is 11.1 Å². The van der Waals surface area contributed by atoms with Crippen LogP contribution in [0, 0.1) is 0 Å². The monoisotopic (exact) mass is 408 g/mol. The van der Waals surface area contributed by atoms with Crippen molar-refractivity contribution < 1.29 is 4.42 Å². The minimum atomic E-state index is -0.438. The van der Waals surface area contributed by atoms with E-state index in [1.165, 1.54) is 4.57 Å². The van der Waals surface area contributed by atoms with Crippen molar-refractivity contribution in [3.63, 3.8) is 0 Å². The Balaban J connectivity index is 2.15. The molecule has 0 amide bonds. The molecule has 0 saturated heterocycles. The maximum atomic E-state index is 13.0. The smallest absolute Gasteiger partial charge is 0.269 e. The number of halogens is 1. The van der Waals surface area contributed by atoms with Gasteiger partial charge in [-0.25, -0.2) is 0 Å². The van der Waals surface area contributed by atoms with Crippen molar-refractivity contribution in [2.45, 2.75) is 6.54 Å². The van der Waals surface area contributed by atoms with Gasteiger partial charge in [-0.05, 0) is 24.3 Å². The van der Waals surface area contributed by atoms with Crippen LogP contribution in [0.5, 0.6) is 0 Å². The van der Waals surface area contributed by atoms with E-state index < -0.39 is 5.56 Å². The van der Waals surface area contributed by atoms with E-state index in [0.29, 0.717) is 16.8 Å². The van der Waals surface area contributed by atoms with E-state index >= 15 is 0 Å². The van der Waals surface area contributed by atoms with Crippen molar-refractivity contribution in [3.8, 4) is 11.4 Å². The lowest BCUT2D eigenvalue weighted by Gasteiger charge is -2.12. The summed E-state index contributed by atoms with van der Waals surface area (Å²) in [5.41, 5.74) is 0.369. The number of hydrogen-bond acceptors (Lipinski definition) is 4. The zero-order valence-corrected chi connectivity index (χ0v) is 15.2. The number of fused-ring (bicyclic) bond motifs is 2. The Morgan fingerprint density at radius 3 is 2.58 bits per heavy atom. The van der Waals surface area contributed by atoms with E-state index in [4.69, 9.17) is 4.42 Å². The highest BCUT2D eigenvalue weighted by Crippen LogP contribution is 2.22. The number of hydrogen-bond donors (Lipinski definition) is 0. The maximum absolute atomic E-state index is 13.0. The van der Waals surface area contributed by atoms with Gasteiger partial charge in [0.25, 0.3) is 5.56 Å². The van der Waals surface area contributed by atoms with Crippen LogP contribution in [0.25, 0.3) is 33.5 Å². The summed E-state index contributed by atoms with van der Waals surface area (Å²) < 4.78 is 8.12. The van der Waals surface area contributed by atoms with Gasteiger partial charge in [-0.1, -0.05) is 46.3 Å². The van der Waals surface area contributed by atoms with Crippen molar-refractivity contribution >= 4 is 38.0 Å². The van der Waals surface area contributed by atoms with Crippen molar-refractivity contribution in [1.29, 1.82) is 0 Å². The standard InChI is InChI=1S/C20H13BrN2O3/c1-2-11-23-18(12-7-9-13(21)10-8-12)22-19-16(20(23)25)17(24)14-5-3-4-6-15(14)26-19/h2-10H,1,11H2. The molecule has 0 unspecified atom stereocenters. The summed E-state index contributed by atoms with van der Waals surface area (Å²) in [6.45, 7) is 3.94. The lowest BCUT2D eigenvalue weighted by atomic mass is 10.1. The number of nitrogens with zero attached hydrogens (tertiary/aromatic N) is 2. The minimum Gasteiger partial charge on any atom is -0.437 e. The summed E-state index contributed by atoms with van der Waals surface area (Å²) in [7, 11) is 0. The maximum Gasteiger partial charge on any atom is 0.269 e. The minimum absolute atomic E-state index is 0.0388. The molecule has 2 aromatic carbocycles. The molecule has 5 nitrogen and oxygen atoms in total. The Morgan fingerprint density at radius 1 is 1.12 bits per heavy atom. The summed E-state index contributed by atoms with van der Waals surface area (Å²) >= 11 is 3.39. The molecule has 128 valence electrons. The molecule has 0 atom stereocenters. The summed E-state index contributed by atoms with van der Waals surface area (Å²) in [6.07, 6.45) is 1.60. The second kappa shape index (κ2) is 6.38. The average molecular weight is 409 g/mol. The van der Waals surface area contributed by atoms with Crippen LogP contribution >= 0.6 is 15.9 Å². The molecule has 0 bridgehead atoms. The molecular formula is C20H13BrN2O3. The molecule has 4 rings (SSSR count). The third-order valence-electron chi connectivity index (χ3n) is 4.12.